The van der Waals surface area contributed by atoms with E-state index in [1.165, 1.54) is 19.3 Å². The molecule has 5 unspecified atom stereocenters. The van der Waals surface area contributed by atoms with Crippen LogP contribution < -0.4 is 0 Å². The summed E-state index contributed by atoms with van der Waals surface area (Å²) in [7, 11) is -10.0. The number of carbonyl (C=O) groups excluding carboxylic acids is 4. The molecule has 108 heavy (non-hydrogen) atoms. The van der Waals surface area contributed by atoms with Gasteiger partial charge in [0.2, 0.25) is 0 Å². The maximum Gasteiger partial charge on any atom is 0.472 e. The molecule has 610 valence electrons. The minimum absolute atomic E-state index is 0.0185. The van der Waals surface area contributed by atoms with Gasteiger partial charge in [-0.25, -0.2) is 9.13 Å². The van der Waals surface area contributed by atoms with Crippen molar-refractivity contribution in [2.45, 2.75) is 303 Å². The van der Waals surface area contributed by atoms with Crippen LogP contribution in [0.3, 0.4) is 0 Å². The van der Waals surface area contributed by atoms with E-state index < -0.39 is 97.5 Å². The molecule has 5 atom stereocenters. The Morgan fingerprint density at radius 1 is 0.269 bits per heavy atom. The predicted octanol–water partition coefficient (Wildman–Crippen LogP) is 24.1. The van der Waals surface area contributed by atoms with Crippen LogP contribution >= 0.6 is 15.6 Å². The Kier molecular flexibility index (Phi) is 74.5. The third kappa shape index (κ3) is 78.0. The Labute approximate surface area is 653 Å². The van der Waals surface area contributed by atoms with Gasteiger partial charge in [0.05, 0.1) is 26.4 Å². The standard InChI is InChI=1S/C89H142O17P2/c1-5-9-13-17-21-25-29-33-37-39-41-43-47-49-53-57-61-65-69-73-86(91)99-79-84(105-88(93)75-71-67-63-59-55-51-45-35-31-27-23-19-15-11-7-3)81-103-107(95,96)101-77-83(90)78-102-108(97,98)104-82-85(106-89(94)76-72-68-64-60-56-52-46-36-32-28-24-20-16-12-8-4)80-100-87(92)74-70-66-62-58-54-50-48-44-42-40-38-34-30-26-22-18-14-10-6-2/h9-11,13-15,21-28,33-38,41-46,49,53,55,59,61,65,83-85,90H,5-8,12,16-20,29-32,39-40,47-48,50-52,54,56-58,60,62-64,66-82H2,1-4H3,(H,95,96)(H,97,98)/b13-9-,14-10-,15-11-,25-21-,26-22-,27-23-,28-24-,37-33-,38-34-,43-41-,44-42-,45-35-,46-36-,53-49-,59-55-,65-61-. The fraction of sp³-hybridized carbons (Fsp3) is 0.596. The molecule has 3 N–H and O–H groups in total. The van der Waals surface area contributed by atoms with Crippen LogP contribution in [0.4, 0.5) is 0 Å². The molecule has 0 aliphatic heterocycles. The minimum atomic E-state index is -5.02. The topological polar surface area (TPSA) is 237 Å². The second-order valence-electron chi connectivity index (χ2n) is 26.2. The molecule has 0 amide bonds. The maximum absolute atomic E-state index is 13.1. The highest BCUT2D eigenvalue weighted by molar-refractivity contribution is 7.47. The number of carbonyl (C=O) groups is 4. The van der Waals surface area contributed by atoms with E-state index in [1.807, 2.05) is 24.3 Å². The number of esters is 4. The molecule has 0 aromatic heterocycles. The molecule has 0 aromatic carbocycles. The van der Waals surface area contributed by atoms with Crippen molar-refractivity contribution in [2.24, 2.45) is 0 Å². The summed E-state index contributed by atoms with van der Waals surface area (Å²) >= 11 is 0. The average Bonchev–Trinajstić information content (AvgIpc) is 0.923. The molecule has 0 bridgehead atoms. The lowest BCUT2D eigenvalue weighted by molar-refractivity contribution is -0.161. The van der Waals surface area contributed by atoms with Gasteiger partial charge in [0, 0.05) is 25.7 Å². The lowest BCUT2D eigenvalue weighted by Gasteiger charge is -2.21. The van der Waals surface area contributed by atoms with Gasteiger partial charge >= 0.3 is 39.5 Å². The summed E-state index contributed by atoms with van der Waals surface area (Å²) in [5, 5.41) is 10.7. The molecule has 0 saturated heterocycles. The molecule has 0 fully saturated rings. The second kappa shape index (κ2) is 79.0. The van der Waals surface area contributed by atoms with E-state index in [0.29, 0.717) is 38.5 Å². The maximum atomic E-state index is 13.1. The molecule has 17 nitrogen and oxygen atoms in total. The highest BCUT2D eigenvalue weighted by atomic mass is 31.2. The fourth-order valence-electron chi connectivity index (χ4n) is 9.96. The summed E-state index contributed by atoms with van der Waals surface area (Å²) in [5.74, 6) is -2.37. The predicted molar refractivity (Wildman–Crippen MR) is 445 cm³/mol. The zero-order valence-corrected chi connectivity index (χ0v) is 68.5. The molecule has 0 spiro atoms. The first-order chi connectivity index (χ1) is 52.7. The van der Waals surface area contributed by atoms with Crippen LogP contribution in [-0.4, -0.2) is 96.7 Å². The number of rotatable bonds is 74. The number of phosphoric ester groups is 2. The molecule has 19 heteroatoms. The highest BCUT2D eigenvalue weighted by Gasteiger charge is 2.30. The normalized spacial score (nSPS) is 14.8. The quantitative estimate of drug-likeness (QED) is 0.0169. The van der Waals surface area contributed by atoms with Crippen molar-refractivity contribution in [1.29, 1.82) is 0 Å². The SMILES string of the molecule is CC/C=C\C/C=C\C/C=C\C/C=C\C/C=C\C/C=C\CCC(=O)OCC(COP(=O)(O)OCC(O)COP(=O)(O)OCC(COC(=O)CCCCCCCC/C=C\C/C=C\C/C=C\C/C=C\CC)OC(=O)CCCCCCC/C=C\C/C=C\CCCCC)OC(=O)CCCC/C=C\C/C=C\C/C=C\C/C=C\CC. The largest absolute Gasteiger partial charge is 0.472 e. The molecule has 0 saturated carbocycles. The summed E-state index contributed by atoms with van der Waals surface area (Å²) in [6.07, 6.45) is 97.1. The Hall–Kier alpha value is -6.10. The monoisotopic (exact) mass is 1540 g/mol. The molecule has 0 radical (unpaired) electrons. The van der Waals surface area contributed by atoms with Crippen molar-refractivity contribution in [3.63, 3.8) is 0 Å². The number of ether oxygens (including phenoxy) is 4. The van der Waals surface area contributed by atoms with Crippen molar-refractivity contribution >= 4 is 39.5 Å². The third-order valence-corrected chi connectivity index (χ3v) is 17.9. The molecule has 0 aliphatic rings. The summed E-state index contributed by atoms with van der Waals surface area (Å²) in [4.78, 5) is 73.1. The van der Waals surface area contributed by atoms with Gasteiger partial charge < -0.3 is 33.8 Å². The van der Waals surface area contributed by atoms with E-state index in [1.54, 1.807) is 0 Å². The van der Waals surface area contributed by atoms with E-state index in [2.05, 4.69) is 198 Å². The number of hydrogen-bond donors (Lipinski definition) is 3. The van der Waals surface area contributed by atoms with Crippen molar-refractivity contribution < 1.29 is 80.2 Å². The summed E-state index contributed by atoms with van der Waals surface area (Å²) in [6.45, 7) is 4.32. The number of phosphoric acid groups is 2. The zero-order chi connectivity index (χ0) is 78.9. The van der Waals surface area contributed by atoms with Crippen LogP contribution in [0, 0.1) is 0 Å². The Morgan fingerprint density at radius 3 is 0.815 bits per heavy atom. The van der Waals surface area contributed by atoms with Crippen LogP contribution in [0.1, 0.15) is 285 Å². The van der Waals surface area contributed by atoms with E-state index in [-0.39, 0.29) is 25.7 Å². The zero-order valence-electron chi connectivity index (χ0n) is 66.7. The van der Waals surface area contributed by atoms with Crippen molar-refractivity contribution in [3.8, 4) is 0 Å². The smallest absolute Gasteiger partial charge is 0.462 e. The number of allylic oxidation sites excluding steroid dienone is 32. The first-order valence-corrected chi connectivity index (χ1v) is 43.7. The lowest BCUT2D eigenvalue weighted by Crippen LogP contribution is -2.30. The minimum Gasteiger partial charge on any atom is -0.462 e. The van der Waals surface area contributed by atoms with E-state index >= 15 is 0 Å². The number of unbranched alkanes of at least 4 members (excludes halogenated alkanes) is 16. The van der Waals surface area contributed by atoms with Gasteiger partial charge in [-0.3, -0.25) is 37.3 Å². The van der Waals surface area contributed by atoms with Crippen LogP contribution in [0.5, 0.6) is 0 Å². The molecule has 0 rings (SSSR count). The van der Waals surface area contributed by atoms with Crippen molar-refractivity contribution in [2.75, 3.05) is 39.6 Å². The number of aliphatic hydroxyl groups is 1. The van der Waals surface area contributed by atoms with Gasteiger partial charge in [-0.05, 0) is 173 Å². The summed E-state index contributed by atoms with van der Waals surface area (Å²) in [5.41, 5.74) is 0. The summed E-state index contributed by atoms with van der Waals surface area (Å²) < 4.78 is 68.5. The van der Waals surface area contributed by atoms with Gasteiger partial charge in [0.25, 0.3) is 0 Å². The number of aliphatic hydroxyl groups excluding tert-OH is 1. The fourth-order valence-corrected chi connectivity index (χ4v) is 11.5. The second-order valence-corrected chi connectivity index (χ2v) is 29.1. The van der Waals surface area contributed by atoms with Crippen LogP contribution in [0.25, 0.3) is 0 Å². The van der Waals surface area contributed by atoms with Crippen molar-refractivity contribution in [3.05, 3.63) is 194 Å². The van der Waals surface area contributed by atoms with Crippen molar-refractivity contribution in [1.82, 2.24) is 0 Å². The molecular formula is C89H142O17P2. The van der Waals surface area contributed by atoms with E-state index in [0.717, 1.165) is 173 Å². The van der Waals surface area contributed by atoms with E-state index in [9.17, 15) is 43.2 Å². The molecule has 0 heterocycles. The summed E-state index contributed by atoms with van der Waals surface area (Å²) in [6, 6.07) is 0. The number of hydrogen-bond acceptors (Lipinski definition) is 15. The Balaban J connectivity index is 5.50. The molecule has 0 aromatic rings. The van der Waals surface area contributed by atoms with Crippen LogP contribution in [0.2, 0.25) is 0 Å². The van der Waals surface area contributed by atoms with E-state index in [4.69, 9.17) is 37.0 Å². The molecule has 0 aliphatic carbocycles. The lowest BCUT2D eigenvalue weighted by atomic mass is 10.1. The molecular weight excluding hydrogens is 1400 g/mol. The van der Waals surface area contributed by atoms with Gasteiger partial charge in [-0.15, -0.1) is 0 Å². The Morgan fingerprint density at radius 2 is 0.500 bits per heavy atom. The van der Waals surface area contributed by atoms with Gasteiger partial charge in [-0.1, -0.05) is 280 Å². The van der Waals surface area contributed by atoms with Gasteiger partial charge in [-0.2, -0.15) is 0 Å². The highest BCUT2D eigenvalue weighted by Crippen LogP contribution is 2.45. The first-order valence-electron chi connectivity index (χ1n) is 40.7. The average molecular weight is 1550 g/mol. The Bertz CT molecular complexity index is 2810. The first kappa shape index (κ1) is 102. The third-order valence-electron chi connectivity index (χ3n) is 16.0. The van der Waals surface area contributed by atoms with Crippen LogP contribution in [0.15, 0.2) is 194 Å². The van der Waals surface area contributed by atoms with Gasteiger partial charge in [0.1, 0.15) is 19.3 Å². The van der Waals surface area contributed by atoms with Crippen LogP contribution in [-0.2, 0) is 65.4 Å². The van der Waals surface area contributed by atoms with Gasteiger partial charge in [0.15, 0.2) is 12.2 Å².